The lowest BCUT2D eigenvalue weighted by Crippen LogP contribution is -2.30. The minimum Gasteiger partial charge on any atom is -0.406 e. The van der Waals surface area contributed by atoms with Gasteiger partial charge in [0.05, 0.1) is 12.2 Å². The molecule has 1 aromatic heterocycles. The summed E-state index contributed by atoms with van der Waals surface area (Å²) in [5.74, 6) is -0.707. The van der Waals surface area contributed by atoms with Gasteiger partial charge in [-0.1, -0.05) is 23.7 Å². The van der Waals surface area contributed by atoms with Crippen LogP contribution in [0.2, 0.25) is 5.02 Å². The van der Waals surface area contributed by atoms with Gasteiger partial charge in [0.15, 0.2) is 4.80 Å². The summed E-state index contributed by atoms with van der Waals surface area (Å²) >= 11 is 7.37. The third kappa shape index (κ3) is 8.59. The van der Waals surface area contributed by atoms with E-state index in [1.807, 2.05) is 22.1 Å². The van der Waals surface area contributed by atoms with Crippen LogP contribution in [0.25, 0.3) is 11.3 Å². The SMILES string of the molecule is O=C(NCCCn1c(-c2ccc(OC(F)(F)F)cc2)csc1=NCc1ccc(Cl)cc1)Nc1ccc(F)cc1. The molecule has 0 spiro atoms. The maximum Gasteiger partial charge on any atom is 0.573 e. The summed E-state index contributed by atoms with van der Waals surface area (Å²) in [7, 11) is 0. The second-order valence-corrected chi connectivity index (χ2v) is 9.58. The zero-order valence-electron chi connectivity index (χ0n) is 20.3. The molecule has 3 aromatic carbocycles. The molecule has 0 radical (unpaired) electrons. The number of amides is 2. The van der Waals surface area contributed by atoms with Crippen molar-refractivity contribution in [1.82, 2.24) is 9.88 Å². The van der Waals surface area contributed by atoms with Gasteiger partial charge in [-0.05, 0) is 78.2 Å². The molecule has 204 valence electrons. The lowest BCUT2D eigenvalue weighted by atomic mass is 10.1. The van der Waals surface area contributed by atoms with Gasteiger partial charge in [-0.25, -0.2) is 9.18 Å². The van der Waals surface area contributed by atoms with E-state index in [0.29, 0.717) is 47.1 Å². The first kappa shape index (κ1) is 28.2. The van der Waals surface area contributed by atoms with Crippen molar-refractivity contribution in [3.05, 3.63) is 99.4 Å². The molecule has 0 aliphatic heterocycles. The lowest BCUT2D eigenvalue weighted by Gasteiger charge is -2.12. The molecule has 1 heterocycles. The number of hydrogen-bond donors (Lipinski definition) is 2. The van der Waals surface area contributed by atoms with Gasteiger partial charge in [0, 0.05) is 29.2 Å². The third-order valence-corrected chi connectivity index (χ3v) is 6.59. The fourth-order valence-electron chi connectivity index (χ4n) is 3.63. The first-order valence-electron chi connectivity index (χ1n) is 11.8. The van der Waals surface area contributed by atoms with Gasteiger partial charge < -0.3 is 19.9 Å². The Hall–Kier alpha value is -3.83. The van der Waals surface area contributed by atoms with Crippen LogP contribution < -0.4 is 20.2 Å². The second kappa shape index (κ2) is 12.8. The predicted molar refractivity (Wildman–Crippen MR) is 143 cm³/mol. The molecule has 0 aliphatic rings. The Morgan fingerprint density at radius 1 is 1.00 bits per heavy atom. The maximum absolute atomic E-state index is 13.1. The van der Waals surface area contributed by atoms with Gasteiger partial charge in [-0.15, -0.1) is 24.5 Å². The molecule has 2 amide bonds. The molecule has 12 heteroatoms. The molecule has 0 bridgehead atoms. The Labute approximate surface area is 230 Å². The summed E-state index contributed by atoms with van der Waals surface area (Å²) in [5.41, 5.74) is 2.89. The van der Waals surface area contributed by atoms with Gasteiger partial charge in [-0.3, -0.25) is 4.99 Å². The number of thiazole rings is 1. The van der Waals surface area contributed by atoms with Crippen LogP contribution in [0.1, 0.15) is 12.0 Å². The number of alkyl halides is 3. The van der Waals surface area contributed by atoms with Gasteiger partial charge in [0.25, 0.3) is 0 Å². The van der Waals surface area contributed by atoms with E-state index in [1.165, 1.54) is 47.7 Å². The number of aromatic nitrogens is 1. The van der Waals surface area contributed by atoms with Crippen molar-refractivity contribution in [3.8, 4) is 17.0 Å². The van der Waals surface area contributed by atoms with Crippen LogP contribution in [-0.4, -0.2) is 23.5 Å². The Bertz CT molecular complexity index is 1450. The highest BCUT2D eigenvalue weighted by Crippen LogP contribution is 2.27. The Morgan fingerprint density at radius 2 is 1.69 bits per heavy atom. The van der Waals surface area contributed by atoms with Crippen LogP contribution >= 0.6 is 22.9 Å². The van der Waals surface area contributed by atoms with Crippen LogP contribution in [0.4, 0.5) is 28.0 Å². The molecule has 4 rings (SSSR count). The fraction of sp³-hybridized carbons (Fsp3) is 0.185. The van der Waals surface area contributed by atoms with Crippen molar-refractivity contribution < 1.29 is 27.1 Å². The van der Waals surface area contributed by atoms with Crippen molar-refractivity contribution in [3.63, 3.8) is 0 Å². The number of carbonyl (C=O) groups excluding carboxylic acids is 1. The largest absolute Gasteiger partial charge is 0.573 e. The molecule has 0 atom stereocenters. The highest BCUT2D eigenvalue weighted by molar-refractivity contribution is 7.07. The van der Waals surface area contributed by atoms with Crippen molar-refractivity contribution >= 4 is 34.7 Å². The van der Waals surface area contributed by atoms with Gasteiger partial charge in [0.2, 0.25) is 0 Å². The molecular weight excluding hydrogens is 556 g/mol. The Morgan fingerprint density at radius 3 is 2.36 bits per heavy atom. The molecule has 0 aliphatic carbocycles. The first-order valence-corrected chi connectivity index (χ1v) is 13.0. The van der Waals surface area contributed by atoms with E-state index in [-0.39, 0.29) is 5.75 Å². The molecule has 0 unspecified atom stereocenters. The minimum atomic E-state index is -4.77. The van der Waals surface area contributed by atoms with E-state index in [9.17, 15) is 22.4 Å². The number of carbonyl (C=O) groups is 1. The molecule has 4 aromatic rings. The van der Waals surface area contributed by atoms with Gasteiger partial charge >= 0.3 is 12.4 Å². The summed E-state index contributed by atoms with van der Waals surface area (Å²) in [4.78, 5) is 17.6. The number of rotatable bonds is 9. The van der Waals surface area contributed by atoms with E-state index in [1.54, 1.807) is 24.3 Å². The van der Waals surface area contributed by atoms with E-state index in [2.05, 4.69) is 15.4 Å². The van der Waals surface area contributed by atoms with Crippen molar-refractivity contribution in [2.45, 2.75) is 25.9 Å². The Kier molecular flexibility index (Phi) is 9.26. The standard InChI is InChI=1S/C27H23ClF4N4O2S/c28-20-6-2-18(3-7-20)16-34-26-36(15-1-14-33-25(37)35-22-10-8-21(29)9-11-22)24(17-39-26)19-4-12-23(13-5-19)38-27(30,31)32/h2-13,17H,1,14-16H2,(H2,33,35,37). The molecule has 0 fully saturated rings. The first-order chi connectivity index (χ1) is 18.7. The molecule has 0 saturated carbocycles. The molecule has 2 N–H and O–H groups in total. The topological polar surface area (TPSA) is 67.7 Å². The number of urea groups is 1. The zero-order valence-corrected chi connectivity index (χ0v) is 21.9. The average Bonchev–Trinajstić information content (AvgIpc) is 3.30. The monoisotopic (exact) mass is 578 g/mol. The number of ether oxygens (including phenoxy) is 1. The number of halogens is 5. The highest BCUT2D eigenvalue weighted by atomic mass is 35.5. The number of benzene rings is 3. The fourth-order valence-corrected chi connectivity index (χ4v) is 4.69. The normalized spacial score (nSPS) is 11.9. The quantitative estimate of drug-likeness (QED) is 0.163. The van der Waals surface area contributed by atoms with Crippen molar-refractivity contribution in [2.24, 2.45) is 4.99 Å². The van der Waals surface area contributed by atoms with Crippen molar-refractivity contribution in [1.29, 1.82) is 0 Å². The summed E-state index contributed by atoms with van der Waals surface area (Å²) < 4.78 is 56.6. The maximum atomic E-state index is 13.1. The lowest BCUT2D eigenvalue weighted by molar-refractivity contribution is -0.274. The molecular formula is C27H23ClF4N4O2S. The van der Waals surface area contributed by atoms with Gasteiger partial charge in [-0.2, -0.15) is 0 Å². The van der Waals surface area contributed by atoms with E-state index in [0.717, 1.165) is 11.3 Å². The Balaban J connectivity index is 1.47. The predicted octanol–water partition coefficient (Wildman–Crippen LogP) is 7.22. The van der Waals surface area contributed by atoms with Crippen LogP contribution in [0.15, 0.2) is 83.2 Å². The number of anilines is 1. The highest BCUT2D eigenvalue weighted by Gasteiger charge is 2.31. The number of hydrogen-bond acceptors (Lipinski definition) is 4. The minimum absolute atomic E-state index is 0.308. The van der Waals surface area contributed by atoms with Crippen molar-refractivity contribution in [2.75, 3.05) is 11.9 Å². The zero-order chi connectivity index (χ0) is 27.8. The van der Waals surface area contributed by atoms with Gasteiger partial charge in [0.1, 0.15) is 11.6 Å². The second-order valence-electron chi connectivity index (χ2n) is 8.31. The van der Waals surface area contributed by atoms with Crippen LogP contribution in [0.3, 0.4) is 0 Å². The van der Waals surface area contributed by atoms with E-state index >= 15 is 0 Å². The molecule has 6 nitrogen and oxygen atoms in total. The summed E-state index contributed by atoms with van der Waals surface area (Å²) in [6.07, 6.45) is -4.22. The van der Waals surface area contributed by atoms with Crippen LogP contribution in [0, 0.1) is 5.82 Å². The summed E-state index contributed by atoms with van der Waals surface area (Å²) in [6.45, 7) is 1.23. The number of nitrogens with one attached hydrogen (secondary N) is 2. The van der Waals surface area contributed by atoms with E-state index < -0.39 is 18.2 Å². The smallest absolute Gasteiger partial charge is 0.406 e. The number of nitrogens with zero attached hydrogens (tertiary/aromatic N) is 2. The third-order valence-electron chi connectivity index (χ3n) is 5.44. The van der Waals surface area contributed by atoms with Crippen LogP contribution in [0.5, 0.6) is 5.75 Å². The average molecular weight is 579 g/mol. The molecule has 0 saturated heterocycles. The van der Waals surface area contributed by atoms with Crippen LogP contribution in [-0.2, 0) is 13.1 Å². The van der Waals surface area contributed by atoms with E-state index in [4.69, 9.17) is 16.6 Å². The summed E-state index contributed by atoms with van der Waals surface area (Å²) in [6, 6.07) is 18.0. The summed E-state index contributed by atoms with van der Waals surface area (Å²) in [5, 5.41) is 7.90. The molecule has 39 heavy (non-hydrogen) atoms.